The Kier molecular flexibility index (Phi) is 7.55. The fourth-order valence-electron chi connectivity index (χ4n) is 4.03. The lowest BCUT2D eigenvalue weighted by Crippen LogP contribution is -2.17. The summed E-state index contributed by atoms with van der Waals surface area (Å²) in [6.07, 6.45) is 7.60. The number of aromatic nitrogens is 2. The van der Waals surface area contributed by atoms with Crippen LogP contribution in [0, 0.1) is 6.92 Å². The lowest BCUT2D eigenvalue weighted by molar-refractivity contribution is 0.411. The molecule has 0 bridgehead atoms. The van der Waals surface area contributed by atoms with Crippen molar-refractivity contribution in [2.45, 2.75) is 43.5 Å². The average Bonchev–Trinajstić information content (AvgIpc) is 3.37. The summed E-state index contributed by atoms with van der Waals surface area (Å²) >= 11 is 0. The number of hydrogen-bond donors (Lipinski definition) is 2. The number of nitrogens with zero attached hydrogens (tertiary/aromatic N) is 2. The van der Waals surface area contributed by atoms with Gasteiger partial charge in [0.25, 0.3) is 0 Å². The topological polar surface area (TPSA) is 102 Å². The summed E-state index contributed by atoms with van der Waals surface area (Å²) in [4.78, 5) is 9.27. The van der Waals surface area contributed by atoms with Crippen molar-refractivity contribution in [2.75, 3.05) is 24.9 Å². The molecule has 0 radical (unpaired) electrons. The van der Waals surface area contributed by atoms with Crippen molar-refractivity contribution in [1.82, 2.24) is 9.97 Å². The Hall–Kier alpha value is -3.59. The number of ether oxygens (including phenoxy) is 2. The summed E-state index contributed by atoms with van der Waals surface area (Å²) in [6, 6.07) is 12.6. The second-order valence-electron chi connectivity index (χ2n) is 8.46. The highest BCUT2D eigenvalue weighted by Crippen LogP contribution is 2.27. The molecular weight excluding hydrogens is 464 g/mol. The van der Waals surface area contributed by atoms with Gasteiger partial charge in [0.2, 0.25) is 5.95 Å². The number of benzene rings is 2. The summed E-state index contributed by atoms with van der Waals surface area (Å²) < 4.78 is 36.4. The predicted molar refractivity (Wildman–Crippen MR) is 138 cm³/mol. The summed E-state index contributed by atoms with van der Waals surface area (Å²) in [5.41, 5.74) is 2.17. The Labute approximate surface area is 206 Å². The second kappa shape index (κ2) is 10.8. The van der Waals surface area contributed by atoms with Crippen LogP contribution >= 0.6 is 0 Å². The van der Waals surface area contributed by atoms with Gasteiger partial charge in [-0.3, -0.25) is 0 Å². The largest absolute Gasteiger partial charge is 0.497 e. The van der Waals surface area contributed by atoms with Gasteiger partial charge in [0, 0.05) is 28.9 Å². The van der Waals surface area contributed by atoms with Crippen LogP contribution in [0.25, 0.3) is 6.08 Å². The maximum atomic E-state index is 13.0. The van der Waals surface area contributed by atoms with Crippen molar-refractivity contribution in [3.05, 3.63) is 65.2 Å². The van der Waals surface area contributed by atoms with Gasteiger partial charge in [0.05, 0.1) is 19.1 Å². The van der Waals surface area contributed by atoms with E-state index in [1.165, 1.54) is 5.41 Å². The quantitative estimate of drug-likeness (QED) is 0.411. The van der Waals surface area contributed by atoms with Crippen LogP contribution in [0.5, 0.6) is 11.5 Å². The third-order valence-corrected chi connectivity index (χ3v) is 7.39. The van der Waals surface area contributed by atoms with Crippen molar-refractivity contribution < 1.29 is 17.9 Å². The van der Waals surface area contributed by atoms with Gasteiger partial charge in [-0.1, -0.05) is 12.8 Å². The van der Waals surface area contributed by atoms with Gasteiger partial charge in [-0.25, -0.2) is 13.4 Å². The van der Waals surface area contributed by atoms with Crippen molar-refractivity contribution >= 4 is 33.4 Å². The molecule has 1 fully saturated rings. The number of anilines is 3. The molecule has 0 atom stereocenters. The summed E-state index contributed by atoms with van der Waals surface area (Å²) in [5, 5.41) is 7.87. The van der Waals surface area contributed by atoms with Crippen LogP contribution in [-0.2, 0) is 9.84 Å². The molecule has 2 aromatic carbocycles. The van der Waals surface area contributed by atoms with Gasteiger partial charge in [0.1, 0.15) is 17.3 Å². The van der Waals surface area contributed by atoms with Gasteiger partial charge in [-0.15, -0.1) is 0 Å². The molecule has 1 aliphatic carbocycles. The first-order chi connectivity index (χ1) is 16.9. The molecular formula is C26H30N4O4S. The Balaban J connectivity index is 1.60. The molecule has 1 saturated carbocycles. The van der Waals surface area contributed by atoms with E-state index < -0.39 is 9.84 Å². The van der Waals surface area contributed by atoms with Gasteiger partial charge in [-0.2, -0.15) is 4.98 Å². The van der Waals surface area contributed by atoms with E-state index in [-0.39, 0.29) is 4.90 Å². The van der Waals surface area contributed by atoms with Crippen LogP contribution in [0.15, 0.2) is 59.0 Å². The molecule has 8 nitrogen and oxygen atoms in total. The highest BCUT2D eigenvalue weighted by atomic mass is 32.2. The molecule has 184 valence electrons. The van der Waals surface area contributed by atoms with Crippen molar-refractivity contribution in [3.63, 3.8) is 0 Å². The predicted octanol–water partition coefficient (Wildman–Crippen LogP) is 5.34. The first-order valence-electron chi connectivity index (χ1n) is 11.5. The first-order valence-corrected chi connectivity index (χ1v) is 13.0. The third kappa shape index (κ3) is 6.10. The van der Waals surface area contributed by atoms with E-state index in [0.29, 0.717) is 29.1 Å². The maximum absolute atomic E-state index is 13.0. The smallest absolute Gasteiger partial charge is 0.229 e. The number of nitrogens with one attached hydrogen (secondary N) is 2. The van der Waals surface area contributed by atoms with Crippen LogP contribution in [0.4, 0.5) is 17.5 Å². The minimum absolute atomic E-state index is 0.205. The third-order valence-electron chi connectivity index (χ3n) is 5.98. The number of hydrogen-bond acceptors (Lipinski definition) is 8. The monoisotopic (exact) mass is 494 g/mol. The Morgan fingerprint density at radius 3 is 2.43 bits per heavy atom. The Morgan fingerprint density at radius 2 is 1.77 bits per heavy atom. The minimum atomic E-state index is -3.66. The molecule has 3 aromatic rings. The summed E-state index contributed by atoms with van der Waals surface area (Å²) in [7, 11) is -0.484. The minimum Gasteiger partial charge on any atom is -0.497 e. The lowest BCUT2D eigenvalue weighted by Gasteiger charge is -2.16. The molecule has 0 spiro atoms. The molecule has 0 amide bonds. The molecule has 1 heterocycles. The van der Waals surface area contributed by atoms with Gasteiger partial charge >= 0.3 is 0 Å². The van der Waals surface area contributed by atoms with Gasteiger partial charge in [0.15, 0.2) is 9.84 Å². The normalized spacial score (nSPS) is 14.3. The van der Waals surface area contributed by atoms with Gasteiger partial charge < -0.3 is 20.1 Å². The number of methoxy groups -OCH3 is 2. The molecule has 1 aliphatic rings. The molecule has 1 aromatic heterocycles. The van der Waals surface area contributed by atoms with E-state index in [4.69, 9.17) is 9.47 Å². The van der Waals surface area contributed by atoms with Crippen LogP contribution in [0.2, 0.25) is 0 Å². The van der Waals surface area contributed by atoms with E-state index in [1.54, 1.807) is 44.7 Å². The molecule has 2 N–H and O–H groups in total. The summed E-state index contributed by atoms with van der Waals surface area (Å²) in [6.45, 7) is 1.81. The molecule has 0 aliphatic heterocycles. The van der Waals surface area contributed by atoms with Crippen LogP contribution in [-0.4, -0.2) is 38.6 Å². The summed E-state index contributed by atoms with van der Waals surface area (Å²) in [5.74, 6) is 2.42. The van der Waals surface area contributed by atoms with Crippen molar-refractivity contribution in [2.24, 2.45) is 0 Å². The van der Waals surface area contributed by atoms with Crippen molar-refractivity contribution in [3.8, 4) is 11.5 Å². The zero-order valence-corrected chi connectivity index (χ0v) is 20.9. The molecule has 0 saturated heterocycles. The van der Waals surface area contributed by atoms with Crippen LogP contribution < -0.4 is 20.1 Å². The average molecular weight is 495 g/mol. The molecule has 35 heavy (non-hydrogen) atoms. The van der Waals surface area contributed by atoms with Crippen LogP contribution in [0.1, 0.15) is 36.8 Å². The van der Waals surface area contributed by atoms with Crippen molar-refractivity contribution in [1.29, 1.82) is 0 Å². The zero-order valence-electron chi connectivity index (χ0n) is 20.1. The maximum Gasteiger partial charge on any atom is 0.229 e. The lowest BCUT2D eigenvalue weighted by atomic mass is 10.2. The highest BCUT2D eigenvalue weighted by molar-refractivity contribution is 7.94. The molecule has 9 heteroatoms. The van der Waals surface area contributed by atoms with E-state index in [1.807, 2.05) is 31.2 Å². The second-order valence-corrected chi connectivity index (χ2v) is 10.3. The van der Waals surface area contributed by atoms with Gasteiger partial charge in [-0.05, 0) is 73.9 Å². The van der Waals surface area contributed by atoms with Crippen LogP contribution in [0.3, 0.4) is 0 Å². The van der Waals surface area contributed by atoms with E-state index in [9.17, 15) is 8.42 Å². The SMILES string of the molecule is COc1ccc(Nc2ncc(/C=C/S(=O)(=O)c3ccc(OC)c(C)c3)c(NC3CCCC3)n2)cc1. The van der Waals surface area contributed by atoms with E-state index >= 15 is 0 Å². The number of sulfone groups is 1. The van der Waals surface area contributed by atoms with E-state index in [2.05, 4.69) is 20.6 Å². The highest BCUT2D eigenvalue weighted by Gasteiger charge is 2.18. The standard InChI is InChI=1S/C26H30N4O4S/c1-18-16-23(12-13-24(18)34-3)35(31,32)15-14-19-17-27-26(29-21-8-10-22(33-2)11-9-21)30-25(19)28-20-6-4-5-7-20/h8-17,20H,4-7H2,1-3H3,(H2,27,28,29,30)/b15-14+. The first kappa shape index (κ1) is 24.5. The molecule has 4 rings (SSSR count). The fourth-order valence-corrected chi connectivity index (χ4v) is 5.11. The number of aryl methyl sites for hydroxylation is 1. The van der Waals surface area contributed by atoms with E-state index in [0.717, 1.165) is 42.7 Å². The fraction of sp³-hybridized carbons (Fsp3) is 0.308. The molecule has 0 unspecified atom stereocenters. The Bertz CT molecular complexity index is 1300. The zero-order chi connectivity index (χ0) is 24.8. The number of rotatable bonds is 9. The Morgan fingerprint density at radius 1 is 1.03 bits per heavy atom.